The molecule has 0 radical (unpaired) electrons. The molecule has 0 atom stereocenters. The highest BCUT2D eigenvalue weighted by Crippen LogP contribution is 2.23. The highest BCUT2D eigenvalue weighted by Gasteiger charge is 2.14. The number of hydrogen-bond donors (Lipinski definition) is 2. The van der Waals surface area contributed by atoms with Crippen molar-refractivity contribution in [2.75, 3.05) is 5.32 Å². The number of carbonyl (C=O) groups is 2. The number of carbonyl (C=O) groups excluding carboxylic acids is 2. The number of hydrogen-bond acceptors (Lipinski definition) is 3. The highest BCUT2D eigenvalue weighted by atomic mass is 79.9. The monoisotopic (exact) mass is 506 g/mol. The first-order chi connectivity index (χ1) is 14.2. The molecule has 0 saturated carbocycles. The highest BCUT2D eigenvalue weighted by molar-refractivity contribution is 9.10. The molecule has 3 rings (SSSR count). The molecule has 0 aliphatic rings. The molecule has 3 aromatic rings. The fourth-order valence-electron chi connectivity index (χ4n) is 2.93. The van der Waals surface area contributed by atoms with E-state index in [9.17, 15) is 9.59 Å². The van der Waals surface area contributed by atoms with Crippen molar-refractivity contribution in [3.05, 3.63) is 80.0 Å². The summed E-state index contributed by atoms with van der Waals surface area (Å²) in [6, 6.07) is 14.4. The minimum atomic E-state index is -0.913. The average molecular weight is 508 g/mol. The summed E-state index contributed by atoms with van der Waals surface area (Å²) in [6.45, 7) is 3.93. The number of benzene rings is 2. The van der Waals surface area contributed by atoms with Gasteiger partial charge >= 0.3 is 11.8 Å². The Kier molecular flexibility index (Phi) is 6.97. The van der Waals surface area contributed by atoms with Gasteiger partial charge in [-0.15, -0.1) is 0 Å². The van der Waals surface area contributed by atoms with Crippen LogP contribution in [0.2, 0.25) is 10.0 Å². The van der Waals surface area contributed by atoms with E-state index in [-0.39, 0.29) is 0 Å². The molecule has 0 unspecified atom stereocenters. The summed E-state index contributed by atoms with van der Waals surface area (Å²) in [5.74, 6) is -1.80. The van der Waals surface area contributed by atoms with Crippen LogP contribution < -0.4 is 10.7 Å². The van der Waals surface area contributed by atoms with Crippen LogP contribution in [0, 0.1) is 13.8 Å². The van der Waals surface area contributed by atoms with Crippen LogP contribution in [0.15, 0.2) is 58.1 Å². The lowest BCUT2D eigenvalue weighted by atomic mass is 10.2. The van der Waals surface area contributed by atoms with E-state index in [0.717, 1.165) is 27.1 Å². The van der Waals surface area contributed by atoms with E-state index in [1.54, 1.807) is 0 Å². The molecule has 2 N–H and O–H groups in total. The van der Waals surface area contributed by atoms with Crippen LogP contribution in [0.1, 0.15) is 17.0 Å². The minimum absolute atomic E-state index is 0.315. The standard InChI is InChI=1S/C21H17BrCl2N4O2/c1-12-7-14(13(2)28(12)19-5-3-15(22)4-6-19)11-25-27-21(30)20(29)26-18-9-16(23)8-17(24)10-18/h3-11H,1-2H3,(H,26,29)(H,27,30)/b25-11-. The third kappa shape index (κ3) is 5.30. The van der Waals surface area contributed by atoms with Crippen molar-refractivity contribution < 1.29 is 9.59 Å². The molecule has 6 nitrogen and oxygen atoms in total. The third-order valence-electron chi connectivity index (χ3n) is 4.25. The molecule has 1 aromatic heterocycles. The topological polar surface area (TPSA) is 75.5 Å². The van der Waals surface area contributed by atoms with Gasteiger partial charge in [0.25, 0.3) is 0 Å². The molecule has 2 aromatic carbocycles. The Hall–Kier alpha value is -2.61. The molecular weight excluding hydrogens is 491 g/mol. The second-order valence-electron chi connectivity index (χ2n) is 6.45. The molecule has 0 spiro atoms. The van der Waals surface area contributed by atoms with Gasteiger partial charge in [-0.25, -0.2) is 5.43 Å². The number of nitrogens with zero attached hydrogens (tertiary/aromatic N) is 2. The lowest BCUT2D eigenvalue weighted by molar-refractivity contribution is -0.136. The van der Waals surface area contributed by atoms with Crippen molar-refractivity contribution in [1.82, 2.24) is 9.99 Å². The van der Waals surface area contributed by atoms with Gasteiger partial charge < -0.3 is 9.88 Å². The first kappa shape index (κ1) is 22.1. The Morgan fingerprint density at radius 3 is 2.27 bits per heavy atom. The maximum Gasteiger partial charge on any atom is 0.329 e. The van der Waals surface area contributed by atoms with Crippen LogP contribution in [-0.4, -0.2) is 22.6 Å². The lowest BCUT2D eigenvalue weighted by Gasteiger charge is -2.09. The van der Waals surface area contributed by atoms with Gasteiger partial charge in [-0.05, 0) is 62.4 Å². The number of rotatable bonds is 4. The third-order valence-corrected chi connectivity index (χ3v) is 5.22. The number of amides is 2. The first-order valence-corrected chi connectivity index (χ1v) is 10.3. The Bertz CT molecular complexity index is 1120. The van der Waals surface area contributed by atoms with Gasteiger partial charge in [0.1, 0.15) is 0 Å². The van der Waals surface area contributed by atoms with Gasteiger partial charge in [-0.1, -0.05) is 39.1 Å². The van der Waals surface area contributed by atoms with Crippen LogP contribution in [0.5, 0.6) is 0 Å². The quantitative estimate of drug-likeness (QED) is 0.287. The van der Waals surface area contributed by atoms with Gasteiger partial charge in [0.2, 0.25) is 0 Å². The van der Waals surface area contributed by atoms with E-state index in [1.807, 2.05) is 44.2 Å². The van der Waals surface area contributed by atoms with Crippen molar-refractivity contribution in [3.8, 4) is 5.69 Å². The predicted octanol–water partition coefficient (Wildman–Crippen LogP) is 5.25. The Balaban J connectivity index is 1.67. The minimum Gasteiger partial charge on any atom is -0.318 e. The molecule has 30 heavy (non-hydrogen) atoms. The number of anilines is 1. The predicted molar refractivity (Wildman–Crippen MR) is 124 cm³/mol. The zero-order valence-electron chi connectivity index (χ0n) is 16.0. The largest absolute Gasteiger partial charge is 0.329 e. The van der Waals surface area contributed by atoms with Crippen LogP contribution in [0.25, 0.3) is 5.69 Å². The molecule has 9 heteroatoms. The second kappa shape index (κ2) is 9.47. The van der Waals surface area contributed by atoms with Crippen LogP contribution >= 0.6 is 39.1 Å². The molecule has 2 amide bonds. The van der Waals surface area contributed by atoms with Gasteiger partial charge in [0, 0.05) is 42.8 Å². The first-order valence-electron chi connectivity index (χ1n) is 8.80. The van der Waals surface area contributed by atoms with Crippen molar-refractivity contribution in [2.45, 2.75) is 13.8 Å². The fraction of sp³-hybridized carbons (Fsp3) is 0.0952. The number of hydrazone groups is 1. The molecule has 0 fully saturated rings. The lowest BCUT2D eigenvalue weighted by Crippen LogP contribution is -2.32. The van der Waals surface area contributed by atoms with Crippen LogP contribution in [0.4, 0.5) is 5.69 Å². The zero-order valence-corrected chi connectivity index (χ0v) is 19.1. The normalized spacial score (nSPS) is 11.0. The van der Waals surface area contributed by atoms with E-state index in [4.69, 9.17) is 23.2 Å². The number of aromatic nitrogens is 1. The van der Waals surface area contributed by atoms with Crippen LogP contribution in [-0.2, 0) is 9.59 Å². The number of halogens is 3. The summed E-state index contributed by atoms with van der Waals surface area (Å²) in [5, 5.41) is 7.01. The van der Waals surface area contributed by atoms with Crippen molar-refractivity contribution >= 4 is 62.8 Å². The molecule has 1 heterocycles. The SMILES string of the molecule is Cc1cc(/C=N\NC(=O)C(=O)Nc2cc(Cl)cc(Cl)c2)c(C)n1-c1ccc(Br)cc1. The maximum absolute atomic E-state index is 12.0. The Morgan fingerprint density at radius 1 is 1.00 bits per heavy atom. The zero-order chi connectivity index (χ0) is 21.8. The van der Waals surface area contributed by atoms with Crippen molar-refractivity contribution in [2.24, 2.45) is 5.10 Å². The molecule has 0 aliphatic carbocycles. The van der Waals surface area contributed by atoms with E-state index in [2.05, 4.69) is 36.3 Å². The van der Waals surface area contributed by atoms with Crippen molar-refractivity contribution in [1.29, 1.82) is 0 Å². The number of aryl methyl sites for hydroxylation is 1. The molecular formula is C21H17BrCl2N4O2. The summed E-state index contributed by atoms with van der Waals surface area (Å²) < 4.78 is 3.07. The molecule has 0 saturated heterocycles. The summed E-state index contributed by atoms with van der Waals surface area (Å²) in [7, 11) is 0. The van der Waals surface area contributed by atoms with E-state index >= 15 is 0 Å². The maximum atomic E-state index is 12.0. The summed E-state index contributed by atoms with van der Waals surface area (Å²) in [5.41, 5.74) is 6.33. The molecule has 0 bridgehead atoms. The molecule has 0 aliphatic heterocycles. The second-order valence-corrected chi connectivity index (χ2v) is 8.24. The van der Waals surface area contributed by atoms with E-state index in [1.165, 1.54) is 24.4 Å². The van der Waals surface area contributed by atoms with E-state index in [0.29, 0.717) is 15.7 Å². The number of nitrogens with one attached hydrogen (secondary N) is 2. The molecule has 154 valence electrons. The summed E-state index contributed by atoms with van der Waals surface area (Å²) in [6.07, 6.45) is 1.50. The van der Waals surface area contributed by atoms with Gasteiger partial charge in [-0.2, -0.15) is 5.10 Å². The Labute approximate surface area is 192 Å². The smallest absolute Gasteiger partial charge is 0.318 e. The Morgan fingerprint density at radius 2 is 1.63 bits per heavy atom. The summed E-state index contributed by atoms with van der Waals surface area (Å²) >= 11 is 15.2. The fourth-order valence-corrected chi connectivity index (χ4v) is 3.72. The van der Waals surface area contributed by atoms with Crippen LogP contribution in [0.3, 0.4) is 0 Å². The average Bonchev–Trinajstić information content (AvgIpc) is 2.95. The van der Waals surface area contributed by atoms with E-state index < -0.39 is 11.8 Å². The van der Waals surface area contributed by atoms with Gasteiger partial charge in [-0.3, -0.25) is 9.59 Å². The summed E-state index contributed by atoms with van der Waals surface area (Å²) in [4.78, 5) is 24.0. The van der Waals surface area contributed by atoms with Gasteiger partial charge in [0.15, 0.2) is 0 Å². The van der Waals surface area contributed by atoms with Crippen molar-refractivity contribution in [3.63, 3.8) is 0 Å². The van der Waals surface area contributed by atoms with Gasteiger partial charge in [0.05, 0.1) is 6.21 Å².